The predicted octanol–water partition coefficient (Wildman–Crippen LogP) is 3.72. The third-order valence-electron chi connectivity index (χ3n) is 3.90. The lowest BCUT2D eigenvalue weighted by Gasteiger charge is -2.13. The molecule has 106 valence electrons. The third kappa shape index (κ3) is 4.54. The molecule has 19 heavy (non-hydrogen) atoms. The van der Waals surface area contributed by atoms with Crippen LogP contribution in [0.4, 0.5) is 0 Å². The van der Waals surface area contributed by atoms with Crippen LogP contribution in [0.2, 0.25) is 0 Å². The number of hydrogen-bond acceptors (Lipinski definition) is 2. The monoisotopic (exact) mass is 261 g/mol. The fourth-order valence-corrected chi connectivity index (χ4v) is 2.66. The number of hydrogen-bond donors (Lipinski definition) is 1. The fourth-order valence-electron chi connectivity index (χ4n) is 2.66. The van der Waals surface area contributed by atoms with E-state index in [4.69, 9.17) is 4.74 Å². The molecule has 1 aliphatic rings. The SMILES string of the molecule is CCCCCC(C)NCCc1ccc2c(c1)CCO2. The van der Waals surface area contributed by atoms with Crippen molar-refractivity contribution in [2.24, 2.45) is 0 Å². The van der Waals surface area contributed by atoms with Gasteiger partial charge in [-0.25, -0.2) is 0 Å². The van der Waals surface area contributed by atoms with Gasteiger partial charge in [0.1, 0.15) is 5.75 Å². The van der Waals surface area contributed by atoms with E-state index < -0.39 is 0 Å². The van der Waals surface area contributed by atoms with Crippen LogP contribution in [0.5, 0.6) is 5.75 Å². The molecule has 0 saturated carbocycles. The lowest BCUT2D eigenvalue weighted by Crippen LogP contribution is -2.28. The van der Waals surface area contributed by atoms with Crippen LogP contribution in [0.15, 0.2) is 18.2 Å². The first kappa shape index (κ1) is 14.4. The maximum Gasteiger partial charge on any atom is 0.122 e. The van der Waals surface area contributed by atoms with E-state index in [1.165, 1.54) is 36.8 Å². The summed E-state index contributed by atoms with van der Waals surface area (Å²) in [7, 11) is 0. The van der Waals surface area contributed by atoms with Crippen molar-refractivity contribution in [3.63, 3.8) is 0 Å². The Morgan fingerprint density at radius 1 is 1.32 bits per heavy atom. The van der Waals surface area contributed by atoms with Gasteiger partial charge in [-0.3, -0.25) is 0 Å². The summed E-state index contributed by atoms with van der Waals surface area (Å²) < 4.78 is 5.54. The molecule has 1 aromatic rings. The quantitative estimate of drug-likeness (QED) is 0.720. The molecule has 1 N–H and O–H groups in total. The normalized spacial score (nSPS) is 15.1. The smallest absolute Gasteiger partial charge is 0.122 e. The van der Waals surface area contributed by atoms with Gasteiger partial charge in [0, 0.05) is 12.5 Å². The number of unbranched alkanes of at least 4 members (excludes halogenated alkanes) is 2. The van der Waals surface area contributed by atoms with Crippen molar-refractivity contribution in [3.05, 3.63) is 29.3 Å². The first-order valence-corrected chi connectivity index (χ1v) is 7.77. The summed E-state index contributed by atoms with van der Waals surface area (Å²) in [5.74, 6) is 1.09. The number of rotatable bonds is 8. The molecule has 1 atom stereocenters. The van der Waals surface area contributed by atoms with Crippen LogP contribution in [-0.2, 0) is 12.8 Å². The Balaban J connectivity index is 1.68. The van der Waals surface area contributed by atoms with Crippen LogP contribution >= 0.6 is 0 Å². The second-order valence-corrected chi connectivity index (χ2v) is 5.64. The second kappa shape index (κ2) is 7.54. The number of fused-ring (bicyclic) bond motifs is 1. The predicted molar refractivity (Wildman–Crippen MR) is 81.0 cm³/mol. The lowest BCUT2D eigenvalue weighted by molar-refractivity contribution is 0.357. The summed E-state index contributed by atoms with van der Waals surface area (Å²) in [6.45, 7) is 6.49. The van der Waals surface area contributed by atoms with Crippen LogP contribution in [0.1, 0.15) is 50.7 Å². The van der Waals surface area contributed by atoms with Gasteiger partial charge in [0.2, 0.25) is 0 Å². The van der Waals surface area contributed by atoms with Crippen molar-refractivity contribution < 1.29 is 4.74 Å². The summed E-state index contributed by atoms with van der Waals surface area (Å²) in [6, 6.07) is 7.28. The summed E-state index contributed by atoms with van der Waals surface area (Å²) in [4.78, 5) is 0. The molecule has 2 heteroatoms. The molecular weight excluding hydrogens is 234 g/mol. The highest BCUT2D eigenvalue weighted by atomic mass is 16.5. The first-order valence-electron chi connectivity index (χ1n) is 7.77. The van der Waals surface area contributed by atoms with Crippen molar-refractivity contribution in [2.45, 2.75) is 58.4 Å². The Hall–Kier alpha value is -1.02. The van der Waals surface area contributed by atoms with Crippen LogP contribution in [0.25, 0.3) is 0 Å². The van der Waals surface area contributed by atoms with Gasteiger partial charge < -0.3 is 10.1 Å². The van der Waals surface area contributed by atoms with E-state index in [2.05, 4.69) is 37.4 Å². The van der Waals surface area contributed by atoms with Gasteiger partial charge in [-0.05, 0) is 43.5 Å². The summed E-state index contributed by atoms with van der Waals surface area (Å²) in [5.41, 5.74) is 2.81. The summed E-state index contributed by atoms with van der Waals surface area (Å²) in [6.07, 6.45) is 7.50. The van der Waals surface area contributed by atoms with Gasteiger partial charge in [0.05, 0.1) is 6.61 Å². The molecule has 0 bridgehead atoms. The lowest BCUT2D eigenvalue weighted by atomic mass is 10.1. The first-order chi connectivity index (χ1) is 9.29. The van der Waals surface area contributed by atoms with Crippen molar-refractivity contribution in [3.8, 4) is 5.75 Å². The topological polar surface area (TPSA) is 21.3 Å². The van der Waals surface area contributed by atoms with Crippen molar-refractivity contribution in [2.75, 3.05) is 13.2 Å². The molecule has 0 amide bonds. The fraction of sp³-hybridized carbons (Fsp3) is 0.647. The molecule has 1 heterocycles. The third-order valence-corrected chi connectivity index (χ3v) is 3.90. The molecule has 2 rings (SSSR count). The van der Waals surface area contributed by atoms with Crippen LogP contribution in [0.3, 0.4) is 0 Å². The minimum absolute atomic E-state index is 0.643. The average molecular weight is 261 g/mol. The van der Waals surface area contributed by atoms with E-state index in [1.54, 1.807) is 0 Å². The zero-order valence-corrected chi connectivity index (χ0v) is 12.4. The Morgan fingerprint density at radius 3 is 3.05 bits per heavy atom. The van der Waals surface area contributed by atoms with E-state index >= 15 is 0 Å². The Morgan fingerprint density at radius 2 is 2.21 bits per heavy atom. The van der Waals surface area contributed by atoms with Crippen LogP contribution in [-0.4, -0.2) is 19.2 Å². The van der Waals surface area contributed by atoms with Gasteiger partial charge in [-0.1, -0.05) is 38.3 Å². The van der Waals surface area contributed by atoms with E-state index in [9.17, 15) is 0 Å². The molecule has 1 aromatic carbocycles. The highest BCUT2D eigenvalue weighted by molar-refractivity contribution is 5.39. The van der Waals surface area contributed by atoms with Crippen molar-refractivity contribution >= 4 is 0 Å². The minimum Gasteiger partial charge on any atom is -0.493 e. The summed E-state index contributed by atoms with van der Waals surface area (Å²) in [5, 5.41) is 3.63. The van der Waals surface area contributed by atoms with Gasteiger partial charge in [0.25, 0.3) is 0 Å². The number of nitrogens with one attached hydrogen (secondary N) is 1. The Kier molecular flexibility index (Phi) is 5.71. The number of benzene rings is 1. The van der Waals surface area contributed by atoms with E-state index in [-0.39, 0.29) is 0 Å². The van der Waals surface area contributed by atoms with Gasteiger partial charge in [-0.15, -0.1) is 0 Å². The van der Waals surface area contributed by atoms with Gasteiger partial charge >= 0.3 is 0 Å². The molecule has 0 fully saturated rings. The van der Waals surface area contributed by atoms with E-state index in [1.807, 2.05) is 0 Å². The van der Waals surface area contributed by atoms with Crippen LogP contribution < -0.4 is 10.1 Å². The maximum absolute atomic E-state index is 5.54. The van der Waals surface area contributed by atoms with E-state index in [0.717, 1.165) is 31.7 Å². The molecular formula is C17H27NO. The summed E-state index contributed by atoms with van der Waals surface area (Å²) >= 11 is 0. The molecule has 1 unspecified atom stereocenters. The van der Waals surface area contributed by atoms with Gasteiger partial charge in [0.15, 0.2) is 0 Å². The standard InChI is InChI=1S/C17H27NO/c1-3-4-5-6-14(2)18-11-9-15-7-8-17-16(13-15)10-12-19-17/h7-8,13-14,18H,3-6,9-12H2,1-2H3. The molecule has 0 aliphatic carbocycles. The molecule has 1 aliphatic heterocycles. The zero-order chi connectivity index (χ0) is 13.5. The Labute approximate surface area is 117 Å². The molecule has 0 saturated heterocycles. The second-order valence-electron chi connectivity index (χ2n) is 5.64. The molecule has 0 radical (unpaired) electrons. The van der Waals surface area contributed by atoms with Crippen molar-refractivity contribution in [1.82, 2.24) is 5.32 Å². The molecule has 0 spiro atoms. The Bertz CT molecular complexity index is 389. The van der Waals surface area contributed by atoms with Gasteiger partial charge in [-0.2, -0.15) is 0 Å². The zero-order valence-electron chi connectivity index (χ0n) is 12.4. The van der Waals surface area contributed by atoms with Crippen LogP contribution in [0, 0.1) is 0 Å². The molecule has 2 nitrogen and oxygen atoms in total. The van der Waals surface area contributed by atoms with Crippen molar-refractivity contribution in [1.29, 1.82) is 0 Å². The molecule has 0 aromatic heterocycles. The van der Waals surface area contributed by atoms with E-state index in [0.29, 0.717) is 6.04 Å². The largest absolute Gasteiger partial charge is 0.493 e. The minimum atomic E-state index is 0.643. The highest BCUT2D eigenvalue weighted by Crippen LogP contribution is 2.25. The average Bonchev–Trinajstić information content (AvgIpc) is 2.86. The highest BCUT2D eigenvalue weighted by Gasteiger charge is 2.11. The number of ether oxygens (including phenoxy) is 1. The maximum atomic E-state index is 5.54.